The zero-order valence-corrected chi connectivity index (χ0v) is 10.1. The fourth-order valence-electron chi connectivity index (χ4n) is 1.69. The van der Waals surface area contributed by atoms with Gasteiger partial charge in [0.25, 0.3) is 0 Å². The van der Waals surface area contributed by atoms with Crippen LogP contribution >= 0.6 is 0 Å². The third-order valence-corrected chi connectivity index (χ3v) is 2.54. The van der Waals surface area contributed by atoms with Crippen LogP contribution in [-0.4, -0.2) is 28.2 Å². The van der Waals surface area contributed by atoms with Gasteiger partial charge in [-0.05, 0) is 17.7 Å². The Morgan fingerprint density at radius 3 is 2.37 bits per heavy atom. The van der Waals surface area contributed by atoms with Gasteiger partial charge in [-0.1, -0.05) is 12.1 Å². The summed E-state index contributed by atoms with van der Waals surface area (Å²) in [6.07, 6.45) is 0. The van der Waals surface area contributed by atoms with Crippen molar-refractivity contribution in [2.45, 2.75) is 0 Å². The van der Waals surface area contributed by atoms with Crippen molar-refractivity contribution < 1.29 is 14.6 Å². The number of carboxylic acid groups (broad SMARTS) is 1. The quantitative estimate of drug-likeness (QED) is 0.752. The molecular weight excluding hydrogens is 248 g/mol. The van der Waals surface area contributed by atoms with E-state index in [2.05, 4.69) is 9.97 Å². The molecule has 1 aromatic heterocycles. The molecule has 2 rings (SSSR count). The minimum absolute atomic E-state index is 0.0232. The maximum absolute atomic E-state index is 11.2. The molecule has 0 aliphatic heterocycles. The number of benzene rings is 1. The summed E-state index contributed by atoms with van der Waals surface area (Å²) in [6, 6.07) is 6.74. The molecule has 1 aromatic carbocycles. The van der Waals surface area contributed by atoms with Gasteiger partial charge >= 0.3 is 5.97 Å². The summed E-state index contributed by atoms with van der Waals surface area (Å²) in [5.74, 6) is -0.718. The topological polar surface area (TPSA) is 124 Å². The first-order valence-corrected chi connectivity index (χ1v) is 5.33. The Bertz CT molecular complexity index is 626. The maximum atomic E-state index is 11.2. The standard InChI is InChI=1S/C12H12N4O3/c1-19-7-4-2-6(3-5-7)8-9(11(17)18)15-12(14)16-10(8)13/h2-5H,1H3,(H,17,18)(H4,13,14,15,16). The molecule has 0 radical (unpaired) electrons. The van der Waals surface area contributed by atoms with Crippen molar-refractivity contribution in [2.24, 2.45) is 0 Å². The smallest absolute Gasteiger partial charge is 0.355 e. The molecule has 0 atom stereocenters. The Morgan fingerprint density at radius 1 is 1.21 bits per heavy atom. The Kier molecular flexibility index (Phi) is 3.19. The highest BCUT2D eigenvalue weighted by molar-refractivity contribution is 5.97. The lowest BCUT2D eigenvalue weighted by Gasteiger charge is -2.09. The van der Waals surface area contributed by atoms with E-state index in [1.807, 2.05) is 0 Å². The molecule has 0 aliphatic carbocycles. The molecule has 0 unspecified atom stereocenters. The van der Waals surface area contributed by atoms with Crippen molar-refractivity contribution >= 4 is 17.7 Å². The first-order chi connectivity index (χ1) is 9.02. The van der Waals surface area contributed by atoms with Crippen molar-refractivity contribution in [1.29, 1.82) is 0 Å². The molecule has 0 saturated heterocycles. The number of carbonyl (C=O) groups is 1. The predicted octanol–water partition coefficient (Wildman–Crippen LogP) is 1.01. The summed E-state index contributed by atoms with van der Waals surface area (Å²) in [5.41, 5.74) is 11.7. The van der Waals surface area contributed by atoms with Crippen LogP contribution in [0.5, 0.6) is 5.75 Å². The van der Waals surface area contributed by atoms with Crippen molar-refractivity contribution in [3.05, 3.63) is 30.0 Å². The van der Waals surface area contributed by atoms with E-state index in [4.69, 9.17) is 21.3 Å². The molecule has 98 valence electrons. The van der Waals surface area contributed by atoms with Gasteiger partial charge in [0.05, 0.1) is 12.7 Å². The number of nitrogens with zero attached hydrogens (tertiary/aromatic N) is 2. The van der Waals surface area contributed by atoms with Gasteiger partial charge in [0.15, 0.2) is 5.69 Å². The molecule has 2 aromatic rings. The summed E-state index contributed by atoms with van der Waals surface area (Å²) in [4.78, 5) is 18.7. The summed E-state index contributed by atoms with van der Waals surface area (Å²) >= 11 is 0. The number of anilines is 2. The molecule has 19 heavy (non-hydrogen) atoms. The molecule has 0 fully saturated rings. The van der Waals surface area contributed by atoms with Crippen LogP contribution in [0, 0.1) is 0 Å². The number of nitrogens with two attached hydrogens (primary N) is 2. The zero-order chi connectivity index (χ0) is 14.0. The molecule has 0 bridgehead atoms. The van der Waals surface area contributed by atoms with Gasteiger partial charge in [0.1, 0.15) is 11.6 Å². The van der Waals surface area contributed by atoms with Crippen LogP contribution < -0.4 is 16.2 Å². The van der Waals surface area contributed by atoms with Crippen LogP contribution in [0.15, 0.2) is 24.3 Å². The second-order valence-corrected chi connectivity index (χ2v) is 3.72. The Labute approximate surface area is 108 Å². The molecule has 0 amide bonds. The monoisotopic (exact) mass is 260 g/mol. The first kappa shape index (κ1) is 12.6. The molecule has 0 aliphatic rings. The van der Waals surface area contributed by atoms with Crippen molar-refractivity contribution in [1.82, 2.24) is 9.97 Å². The summed E-state index contributed by atoms with van der Waals surface area (Å²) in [7, 11) is 1.54. The van der Waals surface area contributed by atoms with E-state index in [-0.39, 0.29) is 23.0 Å². The van der Waals surface area contributed by atoms with Crippen LogP contribution in [0.25, 0.3) is 11.1 Å². The number of hydrogen-bond acceptors (Lipinski definition) is 6. The Hall–Kier alpha value is -2.83. The third kappa shape index (κ3) is 2.39. The van der Waals surface area contributed by atoms with E-state index >= 15 is 0 Å². The molecule has 1 heterocycles. The first-order valence-electron chi connectivity index (χ1n) is 5.33. The van der Waals surface area contributed by atoms with Crippen LogP contribution in [-0.2, 0) is 0 Å². The Balaban J connectivity index is 2.62. The van der Waals surface area contributed by atoms with Gasteiger partial charge in [0.2, 0.25) is 5.95 Å². The van der Waals surface area contributed by atoms with Crippen molar-refractivity contribution in [3.8, 4) is 16.9 Å². The second kappa shape index (κ2) is 4.81. The van der Waals surface area contributed by atoms with Gasteiger partial charge in [0, 0.05) is 0 Å². The number of rotatable bonds is 3. The SMILES string of the molecule is COc1ccc(-c2c(N)nc(N)nc2C(=O)O)cc1. The average Bonchev–Trinajstić information content (AvgIpc) is 2.38. The van der Waals surface area contributed by atoms with Crippen LogP contribution in [0.4, 0.5) is 11.8 Å². The fraction of sp³-hybridized carbons (Fsp3) is 0.0833. The van der Waals surface area contributed by atoms with E-state index in [1.165, 1.54) is 0 Å². The highest BCUT2D eigenvalue weighted by atomic mass is 16.5. The minimum atomic E-state index is -1.22. The van der Waals surface area contributed by atoms with Crippen LogP contribution in [0.1, 0.15) is 10.5 Å². The lowest BCUT2D eigenvalue weighted by atomic mass is 10.0. The molecule has 0 saturated carbocycles. The fourth-order valence-corrected chi connectivity index (χ4v) is 1.69. The Morgan fingerprint density at radius 2 is 1.84 bits per heavy atom. The van der Waals surface area contributed by atoms with E-state index in [0.29, 0.717) is 11.3 Å². The summed E-state index contributed by atoms with van der Waals surface area (Å²) < 4.78 is 5.03. The van der Waals surface area contributed by atoms with Gasteiger partial charge in [-0.3, -0.25) is 0 Å². The lowest BCUT2D eigenvalue weighted by molar-refractivity contribution is 0.0691. The van der Waals surface area contributed by atoms with Crippen molar-refractivity contribution in [2.75, 3.05) is 18.6 Å². The second-order valence-electron chi connectivity index (χ2n) is 3.72. The lowest BCUT2D eigenvalue weighted by Crippen LogP contribution is -2.11. The molecule has 5 N–H and O–H groups in total. The van der Waals surface area contributed by atoms with E-state index in [1.54, 1.807) is 31.4 Å². The minimum Gasteiger partial charge on any atom is -0.497 e. The normalized spacial score (nSPS) is 10.2. The number of carboxylic acids is 1. The number of nitrogen functional groups attached to an aromatic ring is 2. The number of hydrogen-bond donors (Lipinski definition) is 3. The van der Waals surface area contributed by atoms with Gasteiger partial charge in [-0.25, -0.2) is 9.78 Å². The van der Waals surface area contributed by atoms with Crippen LogP contribution in [0.3, 0.4) is 0 Å². The largest absolute Gasteiger partial charge is 0.497 e. The van der Waals surface area contributed by atoms with Crippen molar-refractivity contribution in [3.63, 3.8) is 0 Å². The van der Waals surface area contributed by atoms with E-state index in [0.717, 1.165) is 0 Å². The predicted molar refractivity (Wildman–Crippen MR) is 69.8 cm³/mol. The molecule has 7 heteroatoms. The number of ether oxygens (including phenoxy) is 1. The average molecular weight is 260 g/mol. The maximum Gasteiger partial charge on any atom is 0.355 e. The number of aromatic carboxylic acids is 1. The van der Waals surface area contributed by atoms with Crippen LogP contribution in [0.2, 0.25) is 0 Å². The highest BCUT2D eigenvalue weighted by Crippen LogP contribution is 2.29. The molecule has 7 nitrogen and oxygen atoms in total. The number of aromatic nitrogens is 2. The van der Waals surface area contributed by atoms with Gasteiger partial charge in [-0.2, -0.15) is 4.98 Å². The molecular formula is C12H12N4O3. The summed E-state index contributed by atoms with van der Waals surface area (Å²) in [6.45, 7) is 0. The third-order valence-electron chi connectivity index (χ3n) is 2.54. The van der Waals surface area contributed by atoms with E-state index in [9.17, 15) is 4.79 Å². The van der Waals surface area contributed by atoms with Gasteiger partial charge in [-0.15, -0.1) is 0 Å². The zero-order valence-electron chi connectivity index (χ0n) is 10.1. The number of methoxy groups -OCH3 is 1. The van der Waals surface area contributed by atoms with E-state index < -0.39 is 5.97 Å². The molecule has 0 spiro atoms. The highest BCUT2D eigenvalue weighted by Gasteiger charge is 2.18. The summed E-state index contributed by atoms with van der Waals surface area (Å²) in [5, 5.41) is 9.15. The van der Waals surface area contributed by atoms with Gasteiger partial charge < -0.3 is 21.3 Å².